The maximum Gasteiger partial charge on any atom is 0.330 e. The average Bonchev–Trinajstić information content (AvgIpc) is 1.63. The standard InChI is InChI=1S/C7H12O2/c1-5(2)4-6(3)7(8)9/h5H,3-4H2,1-2H3,(H,8,9). The van der Waals surface area contributed by atoms with E-state index in [0.29, 0.717) is 17.9 Å². The number of hydrogen-bond acceptors (Lipinski definition) is 1. The van der Waals surface area contributed by atoms with Gasteiger partial charge in [-0.15, -0.1) is 0 Å². The lowest BCUT2D eigenvalue weighted by Gasteiger charge is -2.01. The molecular weight excluding hydrogens is 116 g/mol. The van der Waals surface area contributed by atoms with Gasteiger partial charge in [0.15, 0.2) is 0 Å². The van der Waals surface area contributed by atoms with Crippen LogP contribution in [0, 0.1) is 5.92 Å². The molecule has 0 amide bonds. The molecule has 0 aromatic heterocycles. The summed E-state index contributed by atoms with van der Waals surface area (Å²) >= 11 is 0. The number of carboxylic acid groups (broad SMARTS) is 1. The molecule has 0 saturated heterocycles. The fourth-order valence-corrected chi connectivity index (χ4v) is 0.580. The van der Waals surface area contributed by atoms with Crippen molar-refractivity contribution < 1.29 is 9.90 Å². The predicted molar refractivity (Wildman–Crippen MR) is 36.2 cm³/mol. The molecule has 0 unspecified atom stereocenters. The molecule has 0 fully saturated rings. The van der Waals surface area contributed by atoms with Gasteiger partial charge in [-0.1, -0.05) is 20.4 Å². The summed E-state index contributed by atoms with van der Waals surface area (Å²) in [7, 11) is 0. The predicted octanol–water partition coefficient (Wildman–Crippen LogP) is 1.67. The molecule has 0 spiro atoms. The van der Waals surface area contributed by atoms with Gasteiger partial charge in [0.1, 0.15) is 0 Å². The zero-order valence-corrected chi connectivity index (χ0v) is 5.85. The van der Waals surface area contributed by atoms with E-state index in [1.165, 1.54) is 0 Å². The molecule has 0 radical (unpaired) electrons. The lowest BCUT2D eigenvalue weighted by atomic mass is 10.1. The summed E-state index contributed by atoms with van der Waals surface area (Å²) < 4.78 is 0. The van der Waals surface area contributed by atoms with Gasteiger partial charge >= 0.3 is 5.97 Å². The Morgan fingerprint density at radius 2 is 2.11 bits per heavy atom. The third kappa shape index (κ3) is 3.76. The van der Waals surface area contributed by atoms with Crippen LogP contribution in [0.3, 0.4) is 0 Å². The van der Waals surface area contributed by atoms with Crippen molar-refractivity contribution in [1.29, 1.82) is 0 Å². The quantitative estimate of drug-likeness (QED) is 0.587. The van der Waals surface area contributed by atoms with Gasteiger partial charge in [0, 0.05) is 5.57 Å². The molecule has 0 aliphatic heterocycles. The molecular formula is C7H12O2. The van der Waals surface area contributed by atoms with Crippen molar-refractivity contribution in [1.82, 2.24) is 0 Å². The van der Waals surface area contributed by atoms with Crippen molar-refractivity contribution in [2.24, 2.45) is 5.92 Å². The van der Waals surface area contributed by atoms with Gasteiger partial charge < -0.3 is 5.11 Å². The van der Waals surface area contributed by atoms with Crippen molar-refractivity contribution in [2.45, 2.75) is 20.3 Å². The van der Waals surface area contributed by atoms with Crippen molar-refractivity contribution in [3.8, 4) is 0 Å². The first kappa shape index (κ1) is 8.21. The van der Waals surface area contributed by atoms with Gasteiger partial charge in [0.25, 0.3) is 0 Å². The summed E-state index contributed by atoms with van der Waals surface area (Å²) in [6, 6.07) is 0. The van der Waals surface area contributed by atoms with Gasteiger partial charge in [0.05, 0.1) is 0 Å². The Balaban J connectivity index is 3.65. The number of hydrogen-bond donors (Lipinski definition) is 1. The van der Waals surface area contributed by atoms with Crippen LogP contribution >= 0.6 is 0 Å². The van der Waals surface area contributed by atoms with E-state index in [1.54, 1.807) is 0 Å². The van der Waals surface area contributed by atoms with Crippen molar-refractivity contribution in [3.05, 3.63) is 12.2 Å². The first-order chi connectivity index (χ1) is 4.04. The number of carboxylic acids is 1. The molecule has 1 N–H and O–H groups in total. The molecule has 0 bridgehead atoms. The van der Waals surface area contributed by atoms with Crippen LogP contribution in [0.5, 0.6) is 0 Å². The summed E-state index contributed by atoms with van der Waals surface area (Å²) in [6.07, 6.45) is 0.579. The molecule has 52 valence electrons. The molecule has 0 atom stereocenters. The second-order valence-electron chi connectivity index (χ2n) is 2.51. The SMILES string of the molecule is C=C(CC(C)C)C(=O)O. The molecule has 0 rings (SSSR count). The average molecular weight is 128 g/mol. The normalized spacial score (nSPS) is 9.67. The van der Waals surface area contributed by atoms with E-state index in [9.17, 15) is 4.79 Å². The van der Waals surface area contributed by atoms with Gasteiger partial charge in [-0.3, -0.25) is 0 Å². The fraction of sp³-hybridized carbons (Fsp3) is 0.571. The second-order valence-corrected chi connectivity index (χ2v) is 2.51. The summed E-state index contributed by atoms with van der Waals surface area (Å²) in [5, 5.41) is 8.33. The lowest BCUT2D eigenvalue weighted by Crippen LogP contribution is -2.01. The number of aliphatic carboxylic acids is 1. The van der Waals surface area contributed by atoms with Gasteiger partial charge in [-0.2, -0.15) is 0 Å². The Hall–Kier alpha value is -0.790. The van der Waals surface area contributed by atoms with E-state index in [4.69, 9.17) is 5.11 Å². The van der Waals surface area contributed by atoms with E-state index in [2.05, 4.69) is 6.58 Å². The van der Waals surface area contributed by atoms with Crippen molar-refractivity contribution in [3.63, 3.8) is 0 Å². The van der Waals surface area contributed by atoms with E-state index in [-0.39, 0.29) is 0 Å². The summed E-state index contributed by atoms with van der Waals surface area (Å²) in [5.74, 6) is -0.502. The molecule has 9 heavy (non-hydrogen) atoms. The molecule has 0 aromatic rings. The van der Waals surface area contributed by atoms with Crippen LogP contribution in [0.15, 0.2) is 12.2 Å². The van der Waals surface area contributed by atoms with Gasteiger partial charge in [0.2, 0.25) is 0 Å². The zero-order valence-electron chi connectivity index (χ0n) is 5.85. The van der Waals surface area contributed by atoms with E-state index in [1.807, 2.05) is 13.8 Å². The number of carbonyl (C=O) groups is 1. The fourth-order valence-electron chi connectivity index (χ4n) is 0.580. The zero-order chi connectivity index (χ0) is 7.44. The van der Waals surface area contributed by atoms with Crippen LogP contribution in [-0.4, -0.2) is 11.1 Å². The van der Waals surface area contributed by atoms with Crippen LogP contribution in [0.1, 0.15) is 20.3 Å². The van der Waals surface area contributed by atoms with Crippen LogP contribution in [0.2, 0.25) is 0 Å². The lowest BCUT2D eigenvalue weighted by molar-refractivity contribution is -0.132. The maximum atomic E-state index is 10.1. The van der Waals surface area contributed by atoms with E-state index in [0.717, 1.165) is 0 Å². The molecule has 2 nitrogen and oxygen atoms in total. The first-order valence-electron chi connectivity index (χ1n) is 2.95. The third-order valence-electron chi connectivity index (χ3n) is 0.957. The minimum atomic E-state index is -0.885. The molecule has 0 aliphatic rings. The second kappa shape index (κ2) is 3.28. The smallest absolute Gasteiger partial charge is 0.330 e. The molecule has 0 aromatic carbocycles. The Morgan fingerprint density at radius 1 is 1.67 bits per heavy atom. The molecule has 2 heteroatoms. The van der Waals surface area contributed by atoms with Crippen LogP contribution in [0.4, 0.5) is 0 Å². The highest BCUT2D eigenvalue weighted by molar-refractivity contribution is 5.85. The first-order valence-corrected chi connectivity index (χ1v) is 2.95. The Bertz CT molecular complexity index is 125. The highest BCUT2D eigenvalue weighted by Crippen LogP contribution is 2.07. The Labute approximate surface area is 55.2 Å². The highest BCUT2D eigenvalue weighted by Gasteiger charge is 2.04. The third-order valence-corrected chi connectivity index (χ3v) is 0.957. The molecule has 0 aliphatic carbocycles. The topological polar surface area (TPSA) is 37.3 Å². The Morgan fingerprint density at radius 3 is 2.22 bits per heavy atom. The minimum Gasteiger partial charge on any atom is -0.478 e. The van der Waals surface area contributed by atoms with Crippen LogP contribution in [-0.2, 0) is 4.79 Å². The Kier molecular flexibility index (Phi) is 2.99. The maximum absolute atomic E-state index is 10.1. The highest BCUT2D eigenvalue weighted by atomic mass is 16.4. The van der Waals surface area contributed by atoms with Crippen molar-refractivity contribution >= 4 is 5.97 Å². The summed E-state index contributed by atoms with van der Waals surface area (Å²) in [6.45, 7) is 7.33. The van der Waals surface area contributed by atoms with Gasteiger partial charge in [-0.05, 0) is 12.3 Å². The summed E-state index contributed by atoms with van der Waals surface area (Å²) in [4.78, 5) is 10.1. The molecule has 0 saturated carbocycles. The van der Waals surface area contributed by atoms with E-state index >= 15 is 0 Å². The number of rotatable bonds is 3. The van der Waals surface area contributed by atoms with Crippen LogP contribution < -0.4 is 0 Å². The summed E-state index contributed by atoms with van der Waals surface area (Å²) in [5.41, 5.74) is 0.296. The van der Waals surface area contributed by atoms with Crippen molar-refractivity contribution in [2.75, 3.05) is 0 Å². The largest absolute Gasteiger partial charge is 0.478 e. The molecule has 0 heterocycles. The monoisotopic (exact) mass is 128 g/mol. The van der Waals surface area contributed by atoms with Crippen LogP contribution in [0.25, 0.3) is 0 Å². The van der Waals surface area contributed by atoms with Gasteiger partial charge in [-0.25, -0.2) is 4.79 Å². The van der Waals surface area contributed by atoms with E-state index < -0.39 is 5.97 Å². The minimum absolute atomic E-state index is 0.296.